The number of imidazole rings is 1. The molecule has 0 aliphatic carbocycles. The zero-order chi connectivity index (χ0) is 17.2. The second kappa shape index (κ2) is 6.66. The van der Waals surface area contributed by atoms with Gasteiger partial charge in [0.05, 0.1) is 23.0 Å². The van der Waals surface area contributed by atoms with E-state index in [-0.39, 0.29) is 12.3 Å². The van der Waals surface area contributed by atoms with E-state index in [4.69, 9.17) is 11.6 Å². The third-order valence-corrected chi connectivity index (χ3v) is 4.52. The van der Waals surface area contributed by atoms with E-state index >= 15 is 0 Å². The minimum absolute atomic E-state index is 0.0964. The fraction of sp³-hybridized carbons (Fsp3) is 0.0556. The van der Waals surface area contributed by atoms with E-state index in [1.54, 1.807) is 17.6 Å². The standard InChI is InChI=1S/C18H13ClN4OS/c19-12-3-1-2-11(6-12)7-17(24)21-13-4-5-14-15(8-13)23-18(22-14)16-9-25-10-20-16/h1-6,8-10H,7H2,(H,21,24)(H,22,23). The van der Waals surface area contributed by atoms with Crippen molar-refractivity contribution in [2.24, 2.45) is 0 Å². The smallest absolute Gasteiger partial charge is 0.228 e. The number of carbonyl (C=O) groups excluding carboxylic acids is 1. The highest BCUT2D eigenvalue weighted by Crippen LogP contribution is 2.23. The van der Waals surface area contributed by atoms with Gasteiger partial charge in [-0.25, -0.2) is 9.97 Å². The largest absolute Gasteiger partial charge is 0.337 e. The fourth-order valence-corrected chi connectivity index (χ4v) is 3.33. The van der Waals surface area contributed by atoms with E-state index in [0.29, 0.717) is 10.7 Å². The molecule has 0 bridgehead atoms. The molecule has 2 heterocycles. The molecule has 25 heavy (non-hydrogen) atoms. The highest BCUT2D eigenvalue weighted by atomic mass is 35.5. The topological polar surface area (TPSA) is 70.7 Å². The first-order valence-electron chi connectivity index (χ1n) is 7.60. The van der Waals surface area contributed by atoms with Crippen molar-refractivity contribution in [2.75, 3.05) is 5.32 Å². The van der Waals surface area contributed by atoms with Gasteiger partial charge >= 0.3 is 0 Å². The summed E-state index contributed by atoms with van der Waals surface area (Å²) in [5, 5.41) is 5.46. The van der Waals surface area contributed by atoms with Gasteiger partial charge < -0.3 is 10.3 Å². The van der Waals surface area contributed by atoms with Crippen molar-refractivity contribution < 1.29 is 4.79 Å². The predicted octanol–water partition coefficient (Wildman–Crippen LogP) is 4.52. The highest BCUT2D eigenvalue weighted by Gasteiger charge is 2.09. The number of rotatable bonds is 4. The number of benzene rings is 2. The van der Waals surface area contributed by atoms with Crippen LogP contribution in [0, 0.1) is 0 Å². The summed E-state index contributed by atoms with van der Waals surface area (Å²) in [6, 6.07) is 12.9. The number of nitrogens with one attached hydrogen (secondary N) is 2. The molecular formula is C18H13ClN4OS. The lowest BCUT2D eigenvalue weighted by Crippen LogP contribution is -2.14. The van der Waals surface area contributed by atoms with Crippen molar-refractivity contribution in [3.8, 4) is 11.5 Å². The summed E-state index contributed by atoms with van der Waals surface area (Å²) >= 11 is 7.47. The Labute approximate surface area is 152 Å². The molecule has 0 fully saturated rings. The molecule has 0 saturated carbocycles. The number of hydrogen-bond acceptors (Lipinski definition) is 4. The quantitative estimate of drug-likeness (QED) is 0.556. The molecule has 0 aliphatic heterocycles. The Hall–Kier alpha value is -2.70. The number of nitrogens with zero attached hydrogens (tertiary/aromatic N) is 2. The van der Waals surface area contributed by atoms with E-state index in [2.05, 4.69) is 20.3 Å². The molecule has 0 radical (unpaired) electrons. The molecule has 4 rings (SSSR count). The lowest BCUT2D eigenvalue weighted by molar-refractivity contribution is -0.115. The third kappa shape index (κ3) is 3.55. The molecule has 0 aliphatic rings. The molecule has 0 spiro atoms. The van der Waals surface area contributed by atoms with Crippen LogP contribution in [0.1, 0.15) is 5.56 Å². The van der Waals surface area contributed by atoms with Crippen LogP contribution in [-0.2, 0) is 11.2 Å². The van der Waals surface area contributed by atoms with Crippen molar-refractivity contribution >= 4 is 45.6 Å². The van der Waals surface area contributed by atoms with Gasteiger partial charge in [-0.2, -0.15) is 0 Å². The van der Waals surface area contributed by atoms with Gasteiger partial charge in [0, 0.05) is 16.1 Å². The normalized spacial score (nSPS) is 10.9. The monoisotopic (exact) mass is 368 g/mol. The Bertz CT molecular complexity index is 1040. The van der Waals surface area contributed by atoms with Crippen LogP contribution < -0.4 is 5.32 Å². The van der Waals surface area contributed by atoms with E-state index in [9.17, 15) is 4.79 Å². The van der Waals surface area contributed by atoms with Crippen molar-refractivity contribution in [3.63, 3.8) is 0 Å². The molecule has 2 N–H and O–H groups in total. The number of carbonyl (C=O) groups is 1. The van der Waals surface area contributed by atoms with E-state index < -0.39 is 0 Å². The van der Waals surface area contributed by atoms with Crippen LogP contribution in [0.4, 0.5) is 5.69 Å². The van der Waals surface area contributed by atoms with Gasteiger partial charge in [0.1, 0.15) is 5.69 Å². The molecule has 7 heteroatoms. The maximum absolute atomic E-state index is 12.2. The first-order valence-corrected chi connectivity index (χ1v) is 8.92. The van der Waals surface area contributed by atoms with Crippen LogP contribution in [0.25, 0.3) is 22.6 Å². The average Bonchev–Trinajstić information content (AvgIpc) is 3.23. The summed E-state index contributed by atoms with van der Waals surface area (Å²) in [5.41, 5.74) is 5.85. The maximum Gasteiger partial charge on any atom is 0.228 e. The average molecular weight is 369 g/mol. The second-order valence-electron chi connectivity index (χ2n) is 5.55. The van der Waals surface area contributed by atoms with Gasteiger partial charge in [0.15, 0.2) is 5.82 Å². The number of H-pyrrole nitrogens is 1. The summed E-state index contributed by atoms with van der Waals surface area (Å²) in [5.74, 6) is 0.625. The molecule has 1 amide bonds. The molecule has 0 unspecified atom stereocenters. The van der Waals surface area contributed by atoms with E-state index in [1.807, 2.05) is 35.7 Å². The molecule has 2 aromatic heterocycles. The molecule has 0 saturated heterocycles. The van der Waals surface area contributed by atoms with Crippen LogP contribution in [0.2, 0.25) is 5.02 Å². The van der Waals surface area contributed by atoms with Gasteiger partial charge in [0.2, 0.25) is 5.91 Å². The number of halogens is 1. The summed E-state index contributed by atoms with van der Waals surface area (Å²) in [4.78, 5) is 24.2. The van der Waals surface area contributed by atoms with Gasteiger partial charge in [-0.05, 0) is 35.9 Å². The predicted molar refractivity (Wildman–Crippen MR) is 101 cm³/mol. The van der Waals surface area contributed by atoms with Crippen LogP contribution in [0.5, 0.6) is 0 Å². The van der Waals surface area contributed by atoms with Gasteiger partial charge in [-0.3, -0.25) is 4.79 Å². The molecule has 0 atom stereocenters. The first-order chi connectivity index (χ1) is 12.2. The lowest BCUT2D eigenvalue weighted by Gasteiger charge is -2.05. The van der Waals surface area contributed by atoms with Crippen molar-refractivity contribution in [3.05, 3.63) is 63.9 Å². The SMILES string of the molecule is O=C(Cc1cccc(Cl)c1)Nc1ccc2nc(-c3cscn3)[nH]c2c1. The Balaban J connectivity index is 1.52. The van der Waals surface area contributed by atoms with Crippen LogP contribution >= 0.6 is 22.9 Å². The Morgan fingerprint density at radius 2 is 2.16 bits per heavy atom. The van der Waals surface area contributed by atoms with Crippen LogP contribution in [0.15, 0.2) is 53.4 Å². The molecule has 5 nitrogen and oxygen atoms in total. The van der Waals surface area contributed by atoms with Crippen molar-refractivity contribution in [1.29, 1.82) is 0 Å². The van der Waals surface area contributed by atoms with Crippen molar-refractivity contribution in [1.82, 2.24) is 15.0 Å². The molecular weight excluding hydrogens is 356 g/mol. The van der Waals surface area contributed by atoms with E-state index in [0.717, 1.165) is 28.1 Å². The zero-order valence-electron chi connectivity index (χ0n) is 13.0. The number of aromatic amines is 1. The maximum atomic E-state index is 12.2. The molecule has 4 aromatic rings. The third-order valence-electron chi connectivity index (χ3n) is 3.69. The number of hydrogen-bond donors (Lipinski definition) is 2. The highest BCUT2D eigenvalue weighted by molar-refractivity contribution is 7.07. The number of amides is 1. The number of aromatic nitrogens is 3. The fourth-order valence-electron chi connectivity index (χ4n) is 2.58. The zero-order valence-corrected chi connectivity index (χ0v) is 14.6. The molecule has 2 aromatic carbocycles. The van der Waals surface area contributed by atoms with Gasteiger partial charge in [0.25, 0.3) is 0 Å². The summed E-state index contributed by atoms with van der Waals surface area (Å²) in [7, 11) is 0. The minimum atomic E-state index is -0.0964. The summed E-state index contributed by atoms with van der Waals surface area (Å²) in [6.07, 6.45) is 0.269. The van der Waals surface area contributed by atoms with Crippen molar-refractivity contribution in [2.45, 2.75) is 6.42 Å². The van der Waals surface area contributed by atoms with Gasteiger partial charge in [-0.15, -0.1) is 11.3 Å². The lowest BCUT2D eigenvalue weighted by atomic mass is 10.1. The first kappa shape index (κ1) is 15.8. The number of fused-ring (bicyclic) bond motifs is 1. The minimum Gasteiger partial charge on any atom is -0.337 e. The summed E-state index contributed by atoms with van der Waals surface area (Å²) < 4.78 is 0. The Morgan fingerprint density at radius 3 is 2.96 bits per heavy atom. The van der Waals surface area contributed by atoms with E-state index in [1.165, 1.54) is 11.3 Å². The van der Waals surface area contributed by atoms with Crippen LogP contribution in [-0.4, -0.2) is 20.9 Å². The number of anilines is 1. The second-order valence-corrected chi connectivity index (χ2v) is 6.70. The Kier molecular flexibility index (Phi) is 4.21. The number of thiazole rings is 1. The summed E-state index contributed by atoms with van der Waals surface area (Å²) in [6.45, 7) is 0. The Morgan fingerprint density at radius 1 is 1.24 bits per heavy atom. The van der Waals surface area contributed by atoms with Crippen LogP contribution in [0.3, 0.4) is 0 Å². The molecule has 124 valence electrons. The van der Waals surface area contributed by atoms with Gasteiger partial charge in [-0.1, -0.05) is 23.7 Å².